The Labute approximate surface area is 312 Å². The van der Waals surface area contributed by atoms with Crippen LogP contribution in [0.1, 0.15) is 130 Å². The molecule has 4 aliphatic rings. The number of ether oxygens (including phenoxy) is 3. The summed E-state index contributed by atoms with van der Waals surface area (Å²) in [7, 11) is -5.85. The van der Waals surface area contributed by atoms with E-state index in [-0.39, 0.29) is 28.9 Å². The molecule has 0 amide bonds. The zero-order valence-electron chi connectivity index (χ0n) is 33.6. The van der Waals surface area contributed by atoms with Crippen LogP contribution in [0.15, 0.2) is 24.3 Å². The number of halogens is 3. The van der Waals surface area contributed by atoms with Crippen molar-refractivity contribution in [2.45, 2.75) is 168 Å². The van der Waals surface area contributed by atoms with Crippen molar-refractivity contribution in [1.29, 1.82) is 0 Å². The molecule has 1 unspecified atom stereocenters. The van der Waals surface area contributed by atoms with Gasteiger partial charge in [0.05, 0.1) is 0 Å². The molecule has 3 saturated heterocycles. The Kier molecular flexibility index (Phi) is 9.58. The zero-order valence-corrected chi connectivity index (χ0v) is 34.5. The van der Waals surface area contributed by atoms with Crippen LogP contribution in [-0.4, -0.2) is 61.0 Å². The topological polar surface area (TPSA) is 94.1 Å². The fourth-order valence-electron chi connectivity index (χ4n) is 7.30. The number of alkyl halides is 3. The first-order valence-electron chi connectivity index (χ1n) is 18.4. The summed E-state index contributed by atoms with van der Waals surface area (Å²) in [5.74, 6) is -0.496. The van der Waals surface area contributed by atoms with E-state index in [0.717, 1.165) is 33.4 Å². The second-order valence-electron chi connectivity index (χ2n) is 19.5. The van der Waals surface area contributed by atoms with E-state index >= 15 is 0 Å². The molecule has 6 rings (SSSR count). The normalized spacial score (nSPS) is 28.9. The number of benzene rings is 2. The molecule has 13 heteroatoms. The van der Waals surface area contributed by atoms with Gasteiger partial charge in [0.15, 0.2) is 0 Å². The number of hydrogen-bond donors (Lipinski definition) is 1. The third kappa shape index (κ3) is 7.86. The zero-order chi connectivity index (χ0) is 39.6. The van der Waals surface area contributed by atoms with E-state index in [4.69, 9.17) is 36.8 Å². The average Bonchev–Trinajstić information content (AvgIpc) is 3.59. The first-order valence-corrected chi connectivity index (χ1v) is 20.2. The molecule has 0 radical (unpaired) electrons. The first kappa shape index (κ1) is 40.6. The molecule has 0 aromatic heterocycles. The molecule has 4 heterocycles. The van der Waals surface area contributed by atoms with E-state index in [0.29, 0.717) is 6.42 Å². The Hall–Kier alpha value is -2.02. The van der Waals surface area contributed by atoms with E-state index in [9.17, 15) is 18.3 Å². The monoisotopic (exact) mass is 770 g/mol. The average molecular weight is 771 g/mol. The maximum absolute atomic E-state index is 14.4. The van der Waals surface area contributed by atoms with Gasteiger partial charge in [0.25, 0.3) is 0 Å². The minimum atomic E-state index is -5.85. The predicted molar refractivity (Wildman–Crippen MR) is 196 cm³/mol. The molecule has 1 spiro atoms. The van der Waals surface area contributed by atoms with Gasteiger partial charge in [-0.25, -0.2) is 0 Å². The molecular formula is C40H58F3O9P. The van der Waals surface area contributed by atoms with Gasteiger partial charge in [-0.2, -0.15) is 0 Å². The van der Waals surface area contributed by atoms with Gasteiger partial charge in [-0.15, -0.1) is 0 Å². The summed E-state index contributed by atoms with van der Waals surface area (Å²) >= 11 is 0. The summed E-state index contributed by atoms with van der Waals surface area (Å²) in [4.78, 5) is 0. The van der Waals surface area contributed by atoms with Gasteiger partial charge in [0, 0.05) is 0 Å². The Morgan fingerprint density at radius 1 is 0.774 bits per heavy atom. The number of aliphatic hydroxyl groups excluding tert-OH is 1. The van der Waals surface area contributed by atoms with Crippen molar-refractivity contribution in [1.82, 2.24) is 0 Å². The number of rotatable bonds is 3. The predicted octanol–water partition coefficient (Wildman–Crippen LogP) is 9.60. The van der Waals surface area contributed by atoms with Gasteiger partial charge in [0.2, 0.25) is 0 Å². The van der Waals surface area contributed by atoms with Gasteiger partial charge < -0.3 is 0 Å². The summed E-state index contributed by atoms with van der Waals surface area (Å²) in [5, 5.41) is 11.5. The van der Waals surface area contributed by atoms with Crippen LogP contribution >= 0.6 is 7.74 Å². The standard InChI is InChI=1S/C40H58F3O9P/c1-35(2,3)23-15-22-16-25-26(37(7,8)9)17-24(36(4,5)6)19-28(25)50-53(46-21-40(41,42)43,52-31(22)27(18-23)38(10,11)12)45-20-29(51-53)32-30(44)33-34(47-32)49-39(13,14)48-33/h15,17-19,29-30,32-34,44H,16,20-21H2,1-14H3/t29?,30-,32+,33+,34+/m0/s1. The van der Waals surface area contributed by atoms with Crippen LogP contribution in [0.3, 0.4) is 0 Å². The third-order valence-corrected chi connectivity index (χ3v) is 12.9. The SMILES string of the molecule is CC1(C)O[C@H]2O[C@H](C3COP4(OCC(F)(F)F)(Oc5cc(C(C)(C)C)cc(C(C)(C)C)c5Cc5cc(C(C)(C)C)cc(C(C)(C)C)c5O4)O3)[C@H](O)[C@H]2O1. The van der Waals surface area contributed by atoms with Crippen LogP contribution < -0.4 is 9.05 Å². The van der Waals surface area contributed by atoms with Crippen LogP contribution in [0.25, 0.3) is 0 Å². The molecule has 4 aliphatic heterocycles. The molecule has 3 fully saturated rings. The summed E-state index contributed by atoms with van der Waals surface area (Å²) < 4.78 is 93.8. The van der Waals surface area contributed by atoms with Gasteiger partial charge in [-0.05, 0) is 0 Å². The van der Waals surface area contributed by atoms with Crippen LogP contribution in [0.5, 0.6) is 11.5 Å². The fourth-order valence-corrected chi connectivity index (χ4v) is 10.2. The molecule has 9 nitrogen and oxygen atoms in total. The minimum absolute atomic E-state index is 0.241. The van der Waals surface area contributed by atoms with Crippen molar-refractivity contribution in [3.8, 4) is 11.5 Å². The number of fused-ring (bicyclic) bond motifs is 3. The summed E-state index contributed by atoms with van der Waals surface area (Å²) in [6.45, 7) is 26.1. The van der Waals surface area contributed by atoms with Crippen LogP contribution in [0.4, 0.5) is 13.2 Å². The van der Waals surface area contributed by atoms with Gasteiger partial charge in [-0.1, -0.05) is 0 Å². The van der Waals surface area contributed by atoms with Crippen molar-refractivity contribution in [3.05, 3.63) is 57.6 Å². The van der Waals surface area contributed by atoms with E-state index in [1.807, 2.05) is 32.9 Å². The second-order valence-corrected chi connectivity index (χ2v) is 22.1. The molecule has 5 atom stereocenters. The molecular weight excluding hydrogens is 712 g/mol. The summed E-state index contributed by atoms with van der Waals surface area (Å²) in [6, 6.07) is 8.07. The van der Waals surface area contributed by atoms with Crippen molar-refractivity contribution in [3.63, 3.8) is 0 Å². The maximum atomic E-state index is 14.4. The molecule has 298 valence electrons. The summed E-state index contributed by atoms with van der Waals surface area (Å²) in [5.41, 5.74) is 3.45. The van der Waals surface area contributed by atoms with Crippen LogP contribution in [0, 0.1) is 0 Å². The Balaban J connectivity index is 1.63. The Morgan fingerprint density at radius 3 is 1.91 bits per heavy atom. The van der Waals surface area contributed by atoms with Crippen molar-refractivity contribution >= 4 is 7.74 Å². The molecule has 0 bridgehead atoms. The summed E-state index contributed by atoms with van der Waals surface area (Å²) in [6.07, 6.45) is -9.87. The molecule has 0 aliphatic carbocycles. The molecule has 1 N–H and O–H groups in total. The van der Waals surface area contributed by atoms with Crippen LogP contribution in [0.2, 0.25) is 0 Å². The molecule has 2 aromatic rings. The number of aliphatic hydroxyl groups is 1. The third-order valence-electron chi connectivity index (χ3n) is 10.2. The molecule has 2 aromatic carbocycles. The Morgan fingerprint density at radius 2 is 1.36 bits per heavy atom. The Bertz CT molecular complexity index is 1750. The van der Waals surface area contributed by atoms with Gasteiger partial charge in [-0.3, -0.25) is 0 Å². The fraction of sp³-hybridized carbons (Fsp3) is 0.700. The van der Waals surface area contributed by atoms with E-state index in [1.165, 1.54) is 0 Å². The quantitative estimate of drug-likeness (QED) is 0.307. The second kappa shape index (κ2) is 12.5. The van der Waals surface area contributed by atoms with Crippen molar-refractivity contribution < 1.29 is 55.1 Å². The van der Waals surface area contributed by atoms with E-state index < -0.39 is 67.8 Å². The number of hydrogen-bond acceptors (Lipinski definition) is 9. The van der Waals surface area contributed by atoms with Gasteiger partial charge in [0.1, 0.15) is 0 Å². The van der Waals surface area contributed by atoms with E-state index in [1.54, 1.807) is 13.8 Å². The van der Waals surface area contributed by atoms with Crippen molar-refractivity contribution in [2.24, 2.45) is 0 Å². The van der Waals surface area contributed by atoms with E-state index in [2.05, 4.69) is 74.4 Å². The van der Waals surface area contributed by atoms with Crippen LogP contribution in [-0.2, 0) is 55.9 Å². The van der Waals surface area contributed by atoms with Crippen molar-refractivity contribution in [2.75, 3.05) is 13.2 Å². The van der Waals surface area contributed by atoms with Gasteiger partial charge >= 0.3 is 313 Å². The molecule has 53 heavy (non-hydrogen) atoms. The first-order chi connectivity index (χ1) is 23.9. The molecule has 0 saturated carbocycles.